The minimum atomic E-state index is -2.58. The molecule has 3 heterocycles. The summed E-state index contributed by atoms with van der Waals surface area (Å²) in [5, 5.41) is 2.79. The fraction of sp³-hybridized carbons (Fsp3) is 0.538. The largest absolute Gasteiger partial charge is 0.344 e. The molecule has 3 rings (SSSR count). The number of H-pyrrole nitrogens is 2. The van der Waals surface area contributed by atoms with Crippen molar-refractivity contribution in [2.24, 2.45) is 0 Å². The lowest BCUT2D eigenvalue weighted by molar-refractivity contribution is -0.815. The second kappa shape index (κ2) is 5.32. The molecule has 0 bridgehead atoms. The second-order valence-corrected chi connectivity index (χ2v) is 4.92. The van der Waals surface area contributed by atoms with E-state index in [-0.39, 0.29) is 11.9 Å². The molecule has 1 fully saturated rings. The van der Waals surface area contributed by atoms with E-state index in [0.717, 1.165) is 19.3 Å². The van der Waals surface area contributed by atoms with Gasteiger partial charge in [0.25, 0.3) is 12.7 Å². The van der Waals surface area contributed by atoms with Crippen LogP contribution < -0.4 is 4.68 Å². The molecule has 1 aliphatic heterocycles. The average Bonchev–Trinajstić information content (AvgIpc) is 3.06. The van der Waals surface area contributed by atoms with Gasteiger partial charge in [0.15, 0.2) is 5.69 Å². The Hall–Kier alpha value is -1.76. The molecule has 7 heteroatoms. The molecule has 1 atom stereocenters. The van der Waals surface area contributed by atoms with E-state index >= 15 is 0 Å². The molecule has 5 nitrogen and oxygen atoms in total. The molecule has 0 aromatic carbocycles. The number of rotatable bonds is 3. The van der Waals surface area contributed by atoms with Gasteiger partial charge < -0.3 is 9.72 Å². The zero-order chi connectivity index (χ0) is 14.1. The van der Waals surface area contributed by atoms with Gasteiger partial charge in [-0.05, 0) is 12.8 Å². The summed E-state index contributed by atoms with van der Waals surface area (Å²) >= 11 is 0. The number of hydrogen-bond acceptors (Lipinski definition) is 2. The van der Waals surface area contributed by atoms with Gasteiger partial charge in [0, 0.05) is 25.7 Å². The van der Waals surface area contributed by atoms with Crippen molar-refractivity contribution in [3.05, 3.63) is 23.8 Å². The maximum absolute atomic E-state index is 13.3. The second-order valence-electron chi connectivity index (χ2n) is 4.92. The smallest absolute Gasteiger partial charge is 0.285 e. The molecule has 1 saturated heterocycles. The Morgan fingerprint density at radius 2 is 2.30 bits per heavy atom. The Bertz CT molecular complexity index is 573. The number of nitrogens with one attached hydrogen (secondary N) is 2. The van der Waals surface area contributed by atoms with E-state index in [0.29, 0.717) is 23.7 Å². The van der Waals surface area contributed by atoms with Crippen LogP contribution in [-0.2, 0) is 4.74 Å². The first kappa shape index (κ1) is 13.2. The highest BCUT2D eigenvalue weighted by Gasteiger charge is 2.34. The Morgan fingerprint density at radius 3 is 2.90 bits per heavy atom. The quantitative estimate of drug-likeness (QED) is 0.851. The maximum Gasteiger partial charge on any atom is 0.285 e. The van der Waals surface area contributed by atoms with Crippen molar-refractivity contribution in [2.45, 2.75) is 38.8 Å². The van der Waals surface area contributed by atoms with E-state index < -0.39 is 6.43 Å². The van der Waals surface area contributed by atoms with E-state index in [1.165, 1.54) is 0 Å². The molecule has 20 heavy (non-hydrogen) atoms. The van der Waals surface area contributed by atoms with E-state index in [4.69, 9.17) is 4.74 Å². The average molecular weight is 283 g/mol. The molecule has 0 aliphatic carbocycles. The standard InChI is InChI=1S/C13H16F2N4O/c1-8-10(13-16-5-6-17-13)11(12(14)15)18-19(8)9-4-2-3-7-20-9/h5-6,9,12H,2-4,7H2,1H3,(H,16,17)/p+1. The number of imidazole rings is 1. The summed E-state index contributed by atoms with van der Waals surface area (Å²) in [6.45, 7) is 2.47. The van der Waals surface area contributed by atoms with E-state index in [2.05, 4.69) is 15.1 Å². The van der Waals surface area contributed by atoms with Gasteiger partial charge >= 0.3 is 0 Å². The van der Waals surface area contributed by atoms with E-state index in [1.807, 2.05) is 0 Å². The van der Waals surface area contributed by atoms with Gasteiger partial charge in [0.05, 0.1) is 6.61 Å². The highest BCUT2D eigenvalue weighted by molar-refractivity contribution is 5.60. The third kappa shape index (κ3) is 2.22. The maximum atomic E-state index is 13.3. The third-order valence-corrected chi connectivity index (χ3v) is 3.63. The van der Waals surface area contributed by atoms with Crippen molar-refractivity contribution in [3.63, 3.8) is 0 Å². The predicted molar refractivity (Wildman–Crippen MR) is 67.1 cm³/mol. The number of aromatic amines is 2. The minimum absolute atomic E-state index is 0.119. The van der Waals surface area contributed by atoms with Gasteiger partial charge in [-0.3, -0.25) is 0 Å². The van der Waals surface area contributed by atoms with Crippen molar-refractivity contribution in [1.82, 2.24) is 15.1 Å². The zero-order valence-electron chi connectivity index (χ0n) is 11.2. The molecule has 2 aromatic heterocycles. The van der Waals surface area contributed by atoms with E-state index in [1.54, 1.807) is 24.0 Å². The van der Waals surface area contributed by atoms with Crippen molar-refractivity contribution in [2.75, 3.05) is 6.61 Å². The van der Waals surface area contributed by atoms with Crippen LogP contribution >= 0.6 is 0 Å². The lowest BCUT2D eigenvalue weighted by Gasteiger charge is -2.16. The molecule has 2 aromatic rings. The van der Waals surface area contributed by atoms with E-state index in [9.17, 15) is 8.78 Å². The highest BCUT2D eigenvalue weighted by atomic mass is 19.3. The summed E-state index contributed by atoms with van der Waals surface area (Å²) in [4.78, 5) is 6.97. The van der Waals surface area contributed by atoms with Gasteiger partial charge in [-0.1, -0.05) is 4.68 Å². The Morgan fingerprint density at radius 1 is 1.45 bits per heavy atom. The molecule has 1 unspecified atom stereocenters. The summed E-state index contributed by atoms with van der Waals surface area (Å²) in [5.74, 6) is 0.448. The minimum Gasteiger partial charge on any atom is -0.344 e. The van der Waals surface area contributed by atoms with Crippen molar-refractivity contribution >= 4 is 0 Å². The van der Waals surface area contributed by atoms with Crippen LogP contribution in [0, 0.1) is 6.92 Å². The summed E-state index contributed by atoms with van der Waals surface area (Å²) < 4.78 is 33.9. The molecule has 2 N–H and O–H groups in total. The monoisotopic (exact) mass is 283 g/mol. The number of hydrogen-bond donors (Lipinski definition) is 2. The van der Waals surface area contributed by atoms with Crippen LogP contribution in [0.3, 0.4) is 0 Å². The topological polar surface area (TPSA) is 57.6 Å². The van der Waals surface area contributed by atoms with Crippen LogP contribution in [0.25, 0.3) is 11.4 Å². The predicted octanol–water partition coefficient (Wildman–Crippen LogP) is 2.64. The van der Waals surface area contributed by atoms with Crippen LogP contribution in [0.4, 0.5) is 8.78 Å². The lowest BCUT2D eigenvalue weighted by atomic mass is 10.1. The zero-order valence-corrected chi connectivity index (χ0v) is 11.2. The number of halogens is 2. The number of ether oxygens (including phenoxy) is 1. The van der Waals surface area contributed by atoms with Crippen molar-refractivity contribution < 1.29 is 18.2 Å². The molecule has 0 saturated carbocycles. The third-order valence-electron chi connectivity index (χ3n) is 3.63. The number of aromatic nitrogens is 4. The van der Waals surface area contributed by atoms with Gasteiger partial charge in [-0.25, -0.2) is 13.8 Å². The molecule has 1 aliphatic rings. The van der Waals surface area contributed by atoms with Gasteiger partial charge in [0.2, 0.25) is 5.69 Å². The summed E-state index contributed by atoms with van der Waals surface area (Å²) in [5.41, 5.74) is 1.02. The van der Waals surface area contributed by atoms with Gasteiger partial charge in [0.1, 0.15) is 11.4 Å². The molecule has 0 spiro atoms. The molecular weight excluding hydrogens is 266 g/mol. The normalized spacial score (nSPS) is 19.7. The van der Waals surface area contributed by atoms with Crippen LogP contribution in [-0.4, -0.2) is 21.7 Å². The van der Waals surface area contributed by atoms with Gasteiger partial charge in [-0.2, -0.15) is 5.10 Å². The number of nitrogens with zero attached hydrogens (tertiary/aromatic N) is 2. The van der Waals surface area contributed by atoms with Crippen LogP contribution in [0.1, 0.15) is 43.3 Å². The molecule has 0 radical (unpaired) electrons. The Balaban J connectivity index is 2.06. The van der Waals surface area contributed by atoms with Crippen LogP contribution in [0.15, 0.2) is 12.4 Å². The first-order valence-corrected chi connectivity index (χ1v) is 6.72. The van der Waals surface area contributed by atoms with Crippen molar-refractivity contribution in [3.8, 4) is 11.4 Å². The summed E-state index contributed by atoms with van der Waals surface area (Å²) in [6.07, 6.45) is 3.27. The van der Waals surface area contributed by atoms with Crippen LogP contribution in [0.5, 0.6) is 0 Å². The summed E-state index contributed by atoms with van der Waals surface area (Å²) in [6, 6.07) is 0. The van der Waals surface area contributed by atoms with Gasteiger partial charge in [-0.15, -0.1) is 0 Å². The highest BCUT2D eigenvalue weighted by Crippen LogP contribution is 2.30. The molecule has 108 valence electrons. The van der Waals surface area contributed by atoms with Crippen LogP contribution in [0.2, 0.25) is 0 Å². The first-order chi connectivity index (χ1) is 9.68. The summed E-state index contributed by atoms with van der Waals surface area (Å²) in [7, 11) is 0. The Labute approximate surface area is 115 Å². The molecular formula is C13H17F2N4O+. The number of alkyl halides is 2. The SMILES string of the molecule is Cc1c(-c2ncc[nH]2)c(C(F)F)[nH][n+]1C1CCCCO1. The van der Waals surface area contributed by atoms with Crippen molar-refractivity contribution in [1.29, 1.82) is 0 Å². The molecule has 0 amide bonds. The first-order valence-electron chi connectivity index (χ1n) is 6.72. The Kier molecular flexibility index (Phi) is 3.52. The fourth-order valence-corrected chi connectivity index (χ4v) is 2.66. The fourth-order valence-electron chi connectivity index (χ4n) is 2.66. The lowest BCUT2D eigenvalue weighted by Crippen LogP contribution is -2.46.